The number of amides is 1. The molecule has 0 radical (unpaired) electrons. The van der Waals surface area contributed by atoms with Crippen LogP contribution in [0, 0.1) is 12.8 Å². The minimum Gasteiger partial charge on any atom is -0.355 e. The highest BCUT2D eigenvalue weighted by molar-refractivity contribution is 9.10. The van der Waals surface area contributed by atoms with Gasteiger partial charge in [-0.2, -0.15) is 0 Å². The van der Waals surface area contributed by atoms with Crippen LogP contribution in [-0.2, 0) is 4.79 Å². The SMILES string of the molecule is Cc1cc(NC(=O)[C@H]2CCCN(c3nccc4sccc34)C2)ccc1Br. The Bertz CT molecular complexity index is 955. The molecule has 1 aliphatic rings. The number of aryl methyl sites for hydroxylation is 1. The van der Waals surface area contributed by atoms with Crippen molar-refractivity contribution in [2.75, 3.05) is 23.3 Å². The first-order valence-corrected chi connectivity index (χ1v) is 10.4. The number of fused-ring (bicyclic) bond motifs is 1. The van der Waals surface area contributed by atoms with Crippen molar-refractivity contribution in [3.63, 3.8) is 0 Å². The summed E-state index contributed by atoms with van der Waals surface area (Å²) >= 11 is 5.22. The van der Waals surface area contributed by atoms with Crippen molar-refractivity contribution in [2.45, 2.75) is 19.8 Å². The molecule has 0 bridgehead atoms. The average Bonchev–Trinajstić information content (AvgIpc) is 3.13. The van der Waals surface area contributed by atoms with Gasteiger partial charge in [-0.1, -0.05) is 15.9 Å². The summed E-state index contributed by atoms with van der Waals surface area (Å²) in [7, 11) is 0. The number of carbonyl (C=O) groups is 1. The molecule has 1 amide bonds. The zero-order valence-corrected chi connectivity index (χ0v) is 16.9. The number of benzene rings is 1. The topological polar surface area (TPSA) is 45.2 Å². The molecule has 26 heavy (non-hydrogen) atoms. The molecule has 4 nitrogen and oxygen atoms in total. The van der Waals surface area contributed by atoms with Gasteiger partial charge in [0.2, 0.25) is 5.91 Å². The third kappa shape index (κ3) is 3.48. The third-order valence-electron chi connectivity index (χ3n) is 4.88. The lowest BCUT2D eigenvalue weighted by Gasteiger charge is -2.33. The average molecular weight is 430 g/mol. The van der Waals surface area contributed by atoms with Gasteiger partial charge in [-0.3, -0.25) is 4.79 Å². The van der Waals surface area contributed by atoms with Crippen molar-refractivity contribution in [3.05, 3.63) is 51.9 Å². The van der Waals surface area contributed by atoms with Gasteiger partial charge in [-0.15, -0.1) is 11.3 Å². The van der Waals surface area contributed by atoms with Crippen molar-refractivity contribution in [1.29, 1.82) is 0 Å². The number of rotatable bonds is 3. The van der Waals surface area contributed by atoms with E-state index in [-0.39, 0.29) is 11.8 Å². The van der Waals surface area contributed by atoms with E-state index in [0.717, 1.165) is 40.9 Å². The number of aromatic nitrogens is 1. The predicted molar refractivity (Wildman–Crippen MR) is 112 cm³/mol. The maximum atomic E-state index is 12.8. The molecule has 2 aromatic heterocycles. The first-order valence-electron chi connectivity index (χ1n) is 8.76. The Labute approximate surface area is 165 Å². The van der Waals surface area contributed by atoms with E-state index >= 15 is 0 Å². The van der Waals surface area contributed by atoms with E-state index in [1.54, 1.807) is 11.3 Å². The van der Waals surface area contributed by atoms with E-state index in [9.17, 15) is 4.79 Å². The molecule has 1 fully saturated rings. The number of hydrogen-bond acceptors (Lipinski definition) is 4. The van der Waals surface area contributed by atoms with Crippen LogP contribution in [0.15, 0.2) is 46.4 Å². The van der Waals surface area contributed by atoms with E-state index in [1.165, 1.54) is 10.1 Å². The van der Waals surface area contributed by atoms with Crippen LogP contribution in [0.4, 0.5) is 11.5 Å². The number of nitrogens with zero attached hydrogens (tertiary/aromatic N) is 2. The van der Waals surface area contributed by atoms with Crippen LogP contribution in [0.2, 0.25) is 0 Å². The van der Waals surface area contributed by atoms with Crippen LogP contribution in [0.1, 0.15) is 18.4 Å². The lowest BCUT2D eigenvalue weighted by molar-refractivity contribution is -0.120. The van der Waals surface area contributed by atoms with Gasteiger partial charge in [-0.05, 0) is 61.0 Å². The van der Waals surface area contributed by atoms with Crippen LogP contribution in [0.25, 0.3) is 10.1 Å². The lowest BCUT2D eigenvalue weighted by Crippen LogP contribution is -2.41. The summed E-state index contributed by atoms with van der Waals surface area (Å²) in [5, 5.41) is 6.36. The summed E-state index contributed by atoms with van der Waals surface area (Å²) in [5.74, 6) is 1.07. The number of thiophene rings is 1. The van der Waals surface area contributed by atoms with Crippen LogP contribution < -0.4 is 10.2 Å². The van der Waals surface area contributed by atoms with Gasteiger partial charge in [0.15, 0.2) is 0 Å². The number of nitrogens with one attached hydrogen (secondary N) is 1. The van der Waals surface area contributed by atoms with Crippen molar-refractivity contribution in [2.24, 2.45) is 5.92 Å². The fourth-order valence-corrected chi connectivity index (χ4v) is 4.51. The minimum atomic E-state index is -0.0246. The van der Waals surface area contributed by atoms with Gasteiger partial charge in [0.05, 0.1) is 5.92 Å². The van der Waals surface area contributed by atoms with E-state index in [2.05, 4.69) is 42.6 Å². The molecule has 3 heterocycles. The zero-order valence-electron chi connectivity index (χ0n) is 14.5. The van der Waals surface area contributed by atoms with Crippen LogP contribution in [0.5, 0.6) is 0 Å². The Kier molecular flexibility index (Phi) is 4.96. The summed E-state index contributed by atoms with van der Waals surface area (Å²) in [6.07, 6.45) is 3.78. The number of anilines is 2. The zero-order chi connectivity index (χ0) is 18.1. The number of halogens is 1. The maximum absolute atomic E-state index is 12.8. The Morgan fingerprint density at radius 3 is 3.08 bits per heavy atom. The summed E-state index contributed by atoms with van der Waals surface area (Å²) in [5.41, 5.74) is 1.97. The molecule has 1 atom stereocenters. The fraction of sp³-hybridized carbons (Fsp3) is 0.300. The molecule has 1 N–H and O–H groups in total. The molecule has 134 valence electrons. The van der Waals surface area contributed by atoms with Crippen LogP contribution >= 0.6 is 27.3 Å². The number of carbonyl (C=O) groups excluding carboxylic acids is 1. The van der Waals surface area contributed by atoms with Crippen molar-refractivity contribution >= 4 is 54.8 Å². The summed E-state index contributed by atoms with van der Waals surface area (Å²) in [4.78, 5) is 19.6. The van der Waals surface area contributed by atoms with E-state index < -0.39 is 0 Å². The molecular weight excluding hydrogens is 410 g/mol. The standard InChI is InChI=1S/C20H20BrN3OS/c1-13-11-15(4-5-17(13)21)23-20(25)14-3-2-9-24(12-14)19-16-7-10-26-18(16)6-8-22-19/h4-8,10-11,14H,2-3,9,12H2,1H3,(H,23,25)/t14-/m0/s1. The summed E-state index contributed by atoms with van der Waals surface area (Å²) < 4.78 is 2.29. The van der Waals surface area contributed by atoms with Crippen LogP contribution in [-0.4, -0.2) is 24.0 Å². The van der Waals surface area contributed by atoms with Gasteiger partial charge >= 0.3 is 0 Å². The fourth-order valence-electron chi connectivity index (χ4n) is 3.48. The molecule has 3 aromatic rings. The second kappa shape index (κ2) is 7.37. The summed E-state index contributed by atoms with van der Waals surface area (Å²) in [6.45, 7) is 3.68. The Morgan fingerprint density at radius 2 is 2.23 bits per heavy atom. The highest BCUT2D eigenvalue weighted by Gasteiger charge is 2.27. The molecule has 0 unspecified atom stereocenters. The van der Waals surface area contributed by atoms with Gasteiger partial charge in [0, 0.05) is 39.5 Å². The second-order valence-electron chi connectivity index (χ2n) is 6.71. The van der Waals surface area contributed by atoms with E-state index in [0.29, 0.717) is 6.54 Å². The van der Waals surface area contributed by atoms with Crippen molar-refractivity contribution in [3.8, 4) is 0 Å². The minimum absolute atomic E-state index is 0.0246. The van der Waals surface area contributed by atoms with Crippen molar-refractivity contribution in [1.82, 2.24) is 4.98 Å². The molecule has 1 aromatic carbocycles. The highest BCUT2D eigenvalue weighted by atomic mass is 79.9. The second-order valence-corrected chi connectivity index (χ2v) is 8.51. The van der Waals surface area contributed by atoms with Gasteiger partial charge in [-0.25, -0.2) is 4.98 Å². The van der Waals surface area contributed by atoms with Gasteiger partial charge in [0.25, 0.3) is 0 Å². The van der Waals surface area contributed by atoms with Crippen molar-refractivity contribution < 1.29 is 4.79 Å². The number of pyridine rings is 1. The van der Waals surface area contributed by atoms with Gasteiger partial charge < -0.3 is 10.2 Å². The number of piperidine rings is 1. The largest absolute Gasteiger partial charge is 0.355 e. The molecule has 0 aliphatic carbocycles. The predicted octanol–water partition coefficient (Wildman–Crippen LogP) is 5.22. The van der Waals surface area contributed by atoms with Gasteiger partial charge in [0.1, 0.15) is 5.82 Å². The summed E-state index contributed by atoms with van der Waals surface area (Å²) in [6, 6.07) is 10.1. The van der Waals surface area contributed by atoms with E-state index in [4.69, 9.17) is 0 Å². The lowest BCUT2D eigenvalue weighted by atomic mass is 9.96. The molecule has 1 saturated heterocycles. The first-order chi connectivity index (χ1) is 12.6. The molecule has 6 heteroatoms. The normalized spacial score (nSPS) is 17.5. The molecule has 0 spiro atoms. The number of hydrogen-bond donors (Lipinski definition) is 1. The molecule has 4 rings (SSSR count). The third-order valence-corrected chi connectivity index (χ3v) is 6.65. The highest BCUT2D eigenvalue weighted by Crippen LogP contribution is 2.31. The maximum Gasteiger partial charge on any atom is 0.229 e. The molecular formula is C20H20BrN3OS. The van der Waals surface area contributed by atoms with E-state index in [1.807, 2.05) is 37.4 Å². The molecule has 1 aliphatic heterocycles. The Morgan fingerprint density at radius 1 is 1.35 bits per heavy atom. The molecule has 0 saturated carbocycles. The van der Waals surface area contributed by atoms with Crippen LogP contribution in [0.3, 0.4) is 0 Å². The Hall–Kier alpha value is -1.92. The monoisotopic (exact) mass is 429 g/mol. The Balaban J connectivity index is 1.50. The smallest absolute Gasteiger partial charge is 0.229 e. The first kappa shape index (κ1) is 17.5. The quantitative estimate of drug-likeness (QED) is 0.620.